The Labute approximate surface area is 176 Å². The maximum absolute atomic E-state index is 13.6. The third-order valence-corrected chi connectivity index (χ3v) is 6.27. The number of benzene rings is 2. The average molecular weight is 425 g/mol. The molecule has 2 heterocycles. The number of aromatic nitrogens is 3. The highest BCUT2D eigenvalue weighted by molar-refractivity contribution is 7.16. The summed E-state index contributed by atoms with van der Waals surface area (Å²) in [6.45, 7) is 0. The van der Waals surface area contributed by atoms with Crippen LogP contribution in [0.15, 0.2) is 36.4 Å². The van der Waals surface area contributed by atoms with Gasteiger partial charge in [0, 0.05) is 17.0 Å². The van der Waals surface area contributed by atoms with Gasteiger partial charge in [0.25, 0.3) is 0 Å². The Kier molecular flexibility index (Phi) is 4.58. The molecule has 0 radical (unpaired) electrons. The predicted molar refractivity (Wildman–Crippen MR) is 113 cm³/mol. The van der Waals surface area contributed by atoms with E-state index in [1.54, 1.807) is 44.8 Å². The Morgan fingerprint density at radius 2 is 1.63 bits per heavy atom. The highest BCUT2D eigenvalue weighted by Crippen LogP contribution is 2.46. The molecule has 5 rings (SSSR count). The number of ether oxygens (including phenoxy) is 3. The first kappa shape index (κ1) is 18.9. The third-order valence-electron chi connectivity index (χ3n) is 5.20. The minimum Gasteiger partial charge on any atom is -0.493 e. The van der Waals surface area contributed by atoms with Crippen molar-refractivity contribution in [3.05, 3.63) is 47.2 Å². The number of methoxy groups -OCH3 is 3. The highest BCUT2D eigenvalue weighted by Gasteiger charge is 2.30. The van der Waals surface area contributed by atoms with Crippen LogP contribution in [0.3, 0.4) is 0 Å². The van der Waals surface area contributed by atoms with E-state index in [1.807, 2.05) is 16.6 Å². The second kappa shape index (κ2) is 7.28. The van der Waals surface area contributed by atoms with Gasteiger partial charge in [-0.25, -0.2) is 13.9 Å². The molecule has 2 aromatic heterocycles. The van der Waals surface area contributed by atoms with Crippen molar-refractivity contribution < 1.29 is 18.6 Å². The van der Waals surface area contributed by atoms with E-state index in [-0.39, 0.29) is 5.82 Å². The Bertz CT molecular complexity index is 1200. The lowest BCUT2D eigenvalue weighted by molar-refractivity contribution is 0.324. The van der Waals surface area contributed by atoms with Gasteiger partial charge in [-0.15, -0.1) is 0 Å². The van der Waals surface area contributed by atoms with E-state index < -0.39 is 0 Å². The first-order chi connectivity index (χ1) is 14.6. The number of imidazole rings is 1. The van der Waals surface area contributed by atoms with Crippen LogP contribution in [0.25, 0.3) is 27.5 Å². The molecule has 8 heteroatoms. The van der Waals surface area contributed by atoms with Crippen molar-refractivity contribution in [2.45, 2.75) is 18.8 Å². The SMILES string of the molecule is COc1cc(-c2nc3sc(C4CC4)nn3c2-c2ccc(F)cc2)cc(OC)c1OC. The second-order valence-electron chi connectivity index (χ2n) is 7.14. The number of fused-ring (bicyclic) bond motifs is 1. The molecule has 0 N–H and O–H groups in total. The Hall–Kier alpha value is -3.13. The number of halogens is 1. The lowest BCUT2D eigenvalue weighted by Gasteiger charge is -2.14. The molecule has 1 saturated carbocycles. The van der Waals surface area contributed by atoms with Crippen LogP contribution in [0, 0.1) is 5.82 Å². The monoisotopic (exact) mass is 425 g/mol. The van der Waals surface area contributed by atoms with Crippen LogP contribution < -0.4 is 14.2 Å². The predicted octanol–water partition coefficient (Wildman–Crippen LogP) is 5.17. The van der Waals surface area contributed by atoms with Gasteiger partial charge in [0.15, 0.2) is 11.5 Å². The fourth-order valence-corrected chi connectivity index (χ4v) is 4.61. The maximum Gasteiger partial charge on any atom is 0.213 e. The molecule has 0 saturated heterocycles. The summed E-state index contributed by atoms with van der Waals surface area (Å²) < 4.78 is 31.9. The van der Waals surface area contributed by atoms with Crippen LogP contribution in [0.4, 0.5) is 4.39 Å². The zero-order chi connectivity index (χ0) is 20.8. The first-order valence-corrected chi connectivity index (χ1v) is 10.4. The summed E-state index contributed by atoms with van der Waals surface area (Å²) >= 11 is 1.60. The molecular formula is C22H20FN3O3S. The van der Waals surface area contributed by atoms with Gasteiger partial charge in [0.2, 0.25) is 10.7 Å². The Balaban J connectivity index is 1.75. The fraction of sp³-hybridized carbons (Fsp3) is 0.273. The fourth-order valence-electron chi connectivity index (χ4n) is 3.54. The van der Waals surface area contributed by atoms with Crippen LogP contribution in [0.2, 0.25) is 0 Å². The van der Waals surface area contributed by atoms with Crippen molar-refractivity contribution in [1.82, 2.24) is 14.6 Å². The summed E-state index contributed by atoms with van der Waals surface area (Å²) in [6.07, 6.45) is 2.34. The zero-order valence-corrected chi connectivity index (χ0v) is 17.6. The smallest absolute Gasteiger partial charge is 0.213 e. The van der Waals surface area contributed by atoms with Crippen LogP contribution in [0.5, 0.6) is 17.2 Å². The average Bonchev–Trinajstić information content (AvgIpc) is 3.44. The molecule has 4 aromatic rings. The molecule has 0 atom stereocenters. The van der Waals surface area contributed by atoms with E-state index in [4.69, 9.17) is 24.3 Å². The van der Waals surface area contributed by atoms with Gasteiger partial charge in [0.1, 0.15) is 22.2 Å². The quantitative estimate of drug-likeness (QED) is 0.427. The van der Waals surface area contributed by atoms with Gasteiger partial charge >= 0.3 is 0 Å². The minimum atomic E-state index is -0.286. The number of hydrogen-bond donors (Lipinski definition) is 0. The molecule has 6 nitrogen and oxygen atoms in total. The molecule has 2 aromatic carbocycles. The lowest BCUT2D eigenvalue weighted by atomic mass is 10.0. The van der Waals surface area contributed by atoms with Crippen molar-refractivity contribution in [2.24, 2.45) is 0 Å². The molecule has 0 aliphatic heterocycles. The van der Waals surface area contributed by atoms with E-state index in [1.165, 1.54) is 25.0 Å². The van der Waals surface area contributed by atoms with Crippen LogP contribution >= 0.6 is 11.3 Å². The maximum atomic E-state index is 13.6. The van der Waals surface area contributed by atoms with Gasteiger partial charge in [0.05, 0.1) is 21.3 Å². The number of nitrogens with zero attached hydrogens (tertiary/aromatic N) is 3. The highest BCUT2D eigenvalue weighted by atomic mass is 32.1. The van der Waals surface area contributed by atoms with Crippen molar-refractivity contribution in [2.75, 3.05) is 21.3 Å². The normalized spacial score (nSPS) is 13.6. The largest absolute Gasteiger partial charge is 0.493 e. The molecule has 154 valence electrons. The van der Waals surface area contributed by atoms with E-state index >= 15 is 0 Å². The second-order valence-corrected chi connectivity index (χ2v) is 8.13. The molecule has 30 heavy (non-hydrogen) atoms. The molecule has 1 fully saturated rings. The molecular weight excluding hydrogens is 405 g/mol. The van der Waals surface area contributed by atoms with E-state index in [9.17, 15) is 4.39 Å². The topological polar surface area (TPSA) is 57.9 Å². The summed E-state index contributed by atoms with van der Waals surface area (Å²) in [5.74, 6) is 1.84. The van der Waals surface area contributed by atoms with Gasteiger partial charge in [-0.05, 0) is 49.2 Å². The number of hydrogen-bond acceptors (Lipinski definition) is 6. The van der Waals surface area contributed by atoms with Gasteiger partial charge < -0.3 is 14.2 Å². The summed E-state index contributed by atoms with van der Waals surface area (Å²) in [5, 5.41) is 5.93. The molecule has 0 amide bonds. The standard InChI is InChI=1S/C22H20FN3O3S/c1-27-16-10-14(11-17(28-2)20(16)29-3)18-19(12-6-8-15(23)9-7-12)26-22(24-18)30-21(25-26)13-4-5-13/h6-11,13H,4-5H2,1-3H3. The van der Waals surface area contributed by atoms with E-state index in [0.29, 0.717) is 23.2 Å². The molecule has 1 aliphatic rings. The van der Waals surface area contributed by atoms with E-state index in [2.05, 4.69) is 0 Å². The summed E-state index contributed by atoms with van der Waals surface area (Å²) in [4.78, 5) is 5.70. The molecule has 0 unspecified atom stereocenters. The number of rotatable bonds is 6. The van der Waals surface area contributed by atoms with Crippen LogP contribution in [-0.2, 0) is 0 Å². The van der Waals surface area contributed by atoms with Crippen molar-refractivity contribution in [1.29, 1.82) is 0 Å². The lowest BCUT2D eigenvalue weighted by Crippen LogP contribution is -1.97. The summed E-state index contributed by atoms with van der Waals surface area (Å²) in [5.41, 5.74) is 3.17. The van der Waals surface area contributed by atoms with Gasteiger partial charge in [-0.1, -0.05) is 11.3 Å². The van der Waals surface area contributed by atoms with Gasteiger partial charge in [-0.2, -0.15) is 5.10 Å². The Morgan fingerprint density at radius 1 is 0.967 bits per heavy atom. The minimum absolute atomic E-state index is 0.286. The van der Waals surface area contributed by atoms with Crippen molar-refractivity contribution >= 4 is 16.3 Å². The summed E-state index contributed by atoms with van der Waals surface area (Å²) in [7, 11) is 4.73. The van der Waals surface area contributed by atoms with E-state index in [0.717, 1.165) is 32.5 Å². The zero-order valence-electron chi connectivity index (χ0n) is 16.8. The van der Waals surface area contributed by atoms with Gasteiger partial charge in [-0.3, -0.25) is 0 Å². The molecule has 0 spiro atoms. The molecule has 0 bridgehead atoms. The Morgan fingerprint density at radius 3 is 2.20 bits per heavy atom. The van der Waals surface area contributed by atoms with Crippen molar-refractivity contribution in [3.8, 4) is 39.8 Å². The van der Waals surface area contributed by atoms with Crippen LogP contribution in [-0.4, -0.2) is 35.9 Å². The molecule has 1 aliphatic carbocycles. The van der Waals surface area contributed by atoms with Crippen LogP contribution in [0.1, 0.15) is 23.8 Å². The summed E-state index contributed by atoms with van der Waals surface area (Å²) in [6, 6.07) is 10.1. The van der Waals surface area contributed by atoms with Crippen molar-refractivity contribution in [3.63, 3.8) is 0 Å². The first-order valence-electron chi connectivity index (χ1n) is 9.58. The third kappa shape index (κ3) is 3.08.